The summed E-state index contributed by atoms with van der Waals surface area (Å²) in [6.45, 7) is 5.69. The lowest BCUT2D eigenvalue weighted by Gasteiger charge is -2.35. The maximum Gasteiger partial charge on any atom is 0.243 e. The molecule has 1 N–H and O–H groups in total. The Morgan fingerprint density at radius 3 is 2.42 bits per heavy atom. The van der Waals surface area contributed by atoms with Crippen LogP contribution in [-0.2, 0) is 10.0 Å². The highest BCUT2D eigenvalue weighted by molar-refractivity contribution is 7.89. The van der Waals surface area contributed by atoms with E-state index in [0.717, 1.165) is 29.2 Å². The minimum Gasteiger partial charge on any atom is -0.366 e. The van der Waals surface area contributed by atoms with Gasteiger partial charge < -0.3 is 4.90 Å². The SMILES string of the molecule is Cc1n[nH]c(C)c1N1CCN(S(=O)(=O)c2ccc(F)c(Cl)c2)CC1. The average molecular weight is 373 g/mol. The van der Waals surface area contributed by atoms with Gasteiger partial charge >= 0.3 is 0 Å². The molecule has 1 saturated heterocycles. The molecule has 0 bridgehead atoms. The van der Waals surface area contributed by atoms with Gasteiger partial charge in [-0.1, -0.05) is 11.6 Å². The number of piperazine rings is 1. The van der Waals surface area contributed by atoms with Crippen LogP contribution in [0.4, 0.5) is 10.1 Å². The fourth-order valence-electron chi connectivity index (χ4n) is 2.95. The Kier molecular flexibility index (Phi) is 4.54. The van der Waals surface area contributed by atoms with E-state index in [1.54, 1.807) is 0 Å². The third-order valence-corrected chi connectivity index (χ3v) is 6.36. The topological polar surface area (TPSA) is 69.3 Å². The summed E-state index contributed by atoms with van der Waals surface area (Å²) in [4.78, 5) is 2.13. The lowest BCUT2D eigenvalue weighted by atomic mass is 10.2. The molecular weight excluding hydrogens is 355 g/mol. The lowest BCUT2D eigenvalue weighted by molar-refractivity contribution is 0.384. The van der Waals surface area contributed by atoms with Gasteiger partial charge in [0.15, 0.2) is 0 Å². The number of H-pyrrole nitrogens is 1. The van der Waals surface area contributed by atoms with Crippen LogP contribution in [0.3, 0.4) is 0 Å². The summed E-state index contributed by atoms with van der Waals surface area (Å²) < 4.78 is 40.0. The van der Waals surface area contributed by atoms with Crippen LogP contribution in [0.1, 0.15) is 11.4 Å². The number of anilines is 1. The Hall–Kier alpha value is -1.64. The monoisotopic (exact) mass is 372 g/mol. The number of nitrogens with one attached hydrogen (secondary N) is 1. The van der Waals surface area contributed by atoms with Gasteiger partial charge in [0.25, 0.3) is 0 Å². The predicted octanol–water partition coefficient (Wildman–Crippen LogP) is 2.33. The van der Waals surface area contributed by atoms with E-state index in [4.69, 9.17) is 11.6 Å². The number of aromatic nitrogens is 2. The van der Waals surface area contributed by atoms with Crippen LogP contribution in [0, 0.1) is 19.7 Å². The van der Waals surface area contributed by atoms with E-state index in [2.05, 4.69) is 15.1 Å². The number of sulfonamides is 1. The first-order valence-corrected chi connectivity index (χ1v) is 9.34. The van der Waals surface area contributed by atoms with Crippen LogP contribution >= 0.6 is 11.6 Å². The van der Waals surface area contributed by atoms with Gasteiger partial charge in [-0.3, -0.25) is 5.10 Å². The highest BCUT2D eigenvalue weighted by atomic mass is 35.5. The Morgan fingerprint density at radius 2 is 1.88 bits per heavy atom. The second-order valence-electron chi connectivity index (χ2n) is 5.75. The number of aryl methyl sites for hydroxylation is 2. The summed E-state index contributed by atoms with van der Waals surface area (Å²) in [6.07, 6.45) is 0. The third kappa shape index (κ3) is 3.01. The molecule has 1 aromatic heterocycles. The molecule has 24 heavy (non-hydrogen) atoms. The summed E-state index contributed by atoms with van der Waals surface area (Å²) in [5, 5.41) is 6.92. The molecule has 0 radical (unpaired) electrons. The quantitative estimate of drug-likeness (QED) is 0.897. The first kappa shape index (κ1) is 17.2. The molecule has 0 atom stereocenters. The van der Waals surface area contributed by atoms with Crippen molar-refractivity contribution in [3.05, 3.63) is 40.4 Å². The number of benzene rings is 1. The number of rotatable bonds is 3. The second kappa shape index (κ2) is 6.34. The zero-order chi connectivity index (χ0) is 17.5. The van der Waals surface area contributed by atoms with Gasteiger partial charge in [0.1, 0.15) is 5.82 Å². The molecule has 0 aliphatic carbocycles. The van der Waals surface area contributed by atoms with Crippen LogP contribution in [0.2, 0.25) is 5.02 Å². The molecule has 3 rings (SSSR count). The Bertz CT molecular complexity index is 841. The van der Waals surface area contributed by atoms with Gasteiger partial charge in [0.05, 0.1) is 27.0 Å². The second-order valence-corrected chi connectivity index (χ2v) is 8.09. The molecule has 2 heterocycles. The molecule has 9 heteroatoms. The molecule has 0 spiro atoms. The molecule has 0 amide bonds. The van der Waals surface area contributed by atoms with Crippen LogP contribution in [-0.4, -0.2) is 49.1 Å². The minimum absolute atomic E-state index is 0.0121. The van der Waals surface area contributed by atoms with Gasteiger partial charge in [-0.25, -0.2) is 12.8 Å². The molecule has 1 aliphatic rings. The normalized spacial score (nSPS) is 16.6. The third-order valence-electron chi connectivity index (χ3n) is 4.17. The smallest absolute Gasteiger partial charge is 0.243 e. The van der Waals surface area contributed by atoms with E-state index in [0.29, 0.717) is 26.2 Å². The van der Waals surface area contributed by atoms with Gasteiger partial charge in [-0.15, -0.1) is 0 Å². The Morgan fingerprint density at radius 1 is 1.21 bits per heavy atom. The van der Waals surface area contributed by atoms with Gasteiger partial charge in [0, 0.05) is 26.2 Å². The van der Waals surface area contributed by atoms with Crippen LogP contribution in [0.25, 0.3) is 0 Å². The van der Waals surface area contributed by atoms with Crippen molar-refractivity contribution in [1.82, 2.24) is 14.5 Å². The highest BCUT2D eigenvalue weighted by Gasteiger charge is 2.30. The molecule has 0 saturated carbocycles. The van der Waals surface area contributed by atoms with Gasteiger partial charge in [-0.2, -0.15) is 9.40 Å². The van der Waals surface area contributed by atoms with E-state index in [1.165, 1.54) is 10.4 Å². The first-order chi connectivity index (χ1) is 11.3. The molecule has 1 aromatic carbocycles. The number of hydrogen-bond acceptors (Lipinski definition) is 4. The first-order valence-electron chi connectivity index (χ1n) is 7.52. The molecule has 0 unspecified atom stereocenters. The molecule has 130 valence electrons. The molecule has 1 aliphatic heterocycles. The predicted molar refractivity (Wildman–Crippen MR) is 90.4 cm³/mol. The van der Waals surface area contributed by atoms with Crippen LogP contribution in [0.15, 0.2) is 23.1 Å². The Balaban J connectivity index is 1.77. The molecular formula is C15H18ClFN4O2S. The van der Waals surface area contributed by atoms with E-state index in [1.807, 2.05) is 13.8 Å². The van der Waals surface area contributed by atoms with Crippen LogP contribution in [0.5, 0.6) is 0 Å². The van der Waals surface area contributed by atoms with Gasteiger partial charge in [-0.05, 0) is 32.0 Å². The minimum atomic E-state index is -3.68. The average Bonchev–Trinajstić information content (AvgIpc) is 2.89. The number of hydrogen-bond donors (Lipinski definition) is 1. The van der Waals surface area contributed by atoms with E-state index < -0.39 is 15.8 Å². The largest absolute Gasteiger partial charge is 0.366 e. The van der Waals surface area contributed by atoms with E-state index in [-0.39, 0.29) is 9.92 Å². The van der Waals surface area contributed by atoms with E-state index in [9.17, 15) is 12.8 Å². The number of nitrogens with zero attached hydrogens (tertiary/aromatic N) is 3. The van der Waals surface area contributed by atoms with Crippen LogP contribution < -0.4 is 4.90 Å². The summed E-state index contributed by atoms with van der Waals surface area (Å²) in [6, 6.07) is 3.47. The summed E-state index contributed by atoms with van der Waals surface area (Å²) in [7, 11) is -3.68. The lowest BCUT2D eigenvalue weighted by Crippen LogP contribution is -2.48. The maximum absolute atomic E-state index is 13.3. The maximum atomic E-state index is 13.3. The van der Waals surface area contributed by atoms with Crippen molar-refractivity contribution < 1.29 is 12.8 Å². The number of aromatic amines is 1. The highest BCUT2D eigenvalue weighted by Crippen LogP contribution is 2.26. The van der Waals surface area contributed by atoms with E-state index >= 15 is 0 Å². The summed E-state index contributed by atoms with van der Waals surface area (Å²) in [5.74, 6) is -0.633. The van der Waals surface area contributed by atoms with Crippen molar-refractivity contribution >= 4 is 27.3 Å². The Labute approximate surface area is 145 Å². The van der Waals surface area contributed by atoms with Crippen molar-refractivity contribution in [3.63, 3.8) is 0 Å². The standard InChI is InChI=1S/C15H18ClFN4O2S/c1-10-15(11(2)19-18-10)20-5-7-21(8-6-20)24(22,23)12-3-4-14(17)13(16)9-12/h3-4,9H,5-8H2,1-2H3,(H,18,19). The van der Waals surface area contributed by atoms with Gasteiger partial charge in [0.2, 0.25) is 10.0 Å². The van der Waals surface area contributed by atoms with Crippen molar-refractivity contribution in [3.8, 4) is 0 Å². The van der Waals surface area contributed by atoms with Crippen molar-refractivity contribution in [2.45, 2.75) is 18.7 Å². The molecule has 6 nitrogen and oxygen atoms in total. The van der Waals surface area contributed by atoms with Crippen molar-refractivity contribution in [2.24, 2.45) is 0 Å². The zero-order valence-corrected chi connectivity index (χ0v) is 15.0. The van der Waals surface area contributed by atoms with Crippen molar-refractivity contribution in [2.75, 3.05) is 31.1 Å². The molecule has 1 fully saturated rings. The molecule has 2 aromatic rings. The summed E-state index contributed by atoms with van der Waals surface area (Å²) in [5.41, 5.74) is 2.89. The van der Waals surface area contributed by atoms with Crippen molar-refractivity contribution in [1.29, 1.82) is 0 Å². The fourth-order valence-corrected chi connectivity index (χ4v) is 4.64. The summed E-state index contributed by atoms with van der Waals surface area (Å²) >= 11 is 5.71. The fraction of sp³-hybridized carbons (Fsp3) is 0.400. The zero-order valence-electron chi connectivity index (χ0n) is 13.4. The number of halogens is 2.